The maximum atomic E-state index is 12.1. The van der Waals surface area contributed by atoms with Crippen LogP contribution in [0.15, 0.2) is 24.3 Å². The standard InChI is InChI=1S/C16H24O/c1-5-7-13(4)16(17)15-10-8-14(9-11-15)12(3)6-2/h8-13H,5-7H2,1-4H3. The molecule has 1 aromatic carbocycles. The highest BCUT2D eigenvalue weighted by atomic mass is 16.1. The average Bonchev–Trinajstić information content (AvgIpc) is 2.37. The highest BCUT2D eigenvalue weighted by Gasteiger charge is 2.14. The van der Waals surface area contributed by atoms with Crippen LogP contribution in [0.5, 0.6) is 0 Å². The van der Waals surface area contributed by atoms with E-state index in [1.165, 1.54) is 5.56 Å². The van der Waals surface area contributed by atoms with Crippen molar-refractivity contribution in [1.29, 1.82) is 0 Å². The summed E-state index contributed by atoms with van der Waals surface area (Å²) in [7, 11) is 0. The summed E-state index contributed by atoms with van der Waals surface area (Å²) in [6, 6.07) is 8.16. The number of hydrogen-bond donors (Lipinski definition) is 0. The molecule has 1 rings (SSSR count). The van der Waals surface area contributed by atoms with Crippen molar-refractivity contribution in [2.24, 2.45) is 5.92 Å². The van der Waals surface area contributed by atoms with E-state index in [1.54, 1.807) is 0 Å². The number of Topliss-reactive ketones (excluding diaryl/α,β-unsaturated/α-hetero) is 1. The lowest BCUT2D eigenvalue weighted by atomic mass is 9.92. The average molecular weight is 232 g/mol. The summed E-state index contributed by atoms with van der Waals surface area (Å²) in [6.45, 7) is 8.55. The Hall–Kier alpha value is -1.11. The molecule has 2 atom stereocenters. The monoisotopic (exact) mass is 232 g/mol. The van der Waals surface area contributed by atoms with Crippen molar-refractivity contribution in [2.45, 2.75) is 52.9 Å². The van der Waals surface area contributed by atoms with Crippen molar-refractivity contribution < 1.29 is 4.79 Å². The van der Waals surface area contributed by atoms with Crippen molar-refractivity contribution in [3.05, 3.63) is 35.4 Å². The Labute approximate surface area is 105 Å². The van der Waals surface area contributed by atoms with Crippen LogP contribution in [0.4, 0.5) is 0 Å². The third kappa shape index (κ3) is 3.69. The van der Waals surface area contributed by atoms with Crippen LogP contribution in [0, 0.1) is 5.92 Å². The highest BCUT2D eigenvalue weighted by molar-refractivity contribution is 5.97. The maximum Gasteiger partial charge on any atom is 0.165 e. The molecule has 0 radical (unpaired) electrons. The molecule has 1 aromatic rings. The van der Waals surface area contributed by atoms with Gasteiger partial charge in [0.2, 0.25) is 0 Å². The minimum atomic E-state index is 0.148. The Kier molecular flexibility index (Phi) is 5.40. The molecule has 0 heterocycles. The lowest BCUT2D eigenvalue weighted by Gasteiger charge is -2.12. The number of carbonyl (C=O) groups excluding carboxylic acids is 1. The van der Waals surface area contributed by atoms with Crippen molar-refractivity contribution in [1.82, 2.24) is 0 Å². The fourth-order valence-corrected chi connectivity index (χ4v) is 2.06. The van der Waals surface area contributed by atoms with Crippen molar-refractivity contribution in [3.63, 3.8) is 0 Å². The third-order valence-electron chi connectivity index (χ3n) is 3.55. The van der Waals surface area contributed by atoms with Gasteiger partial charge >= 0.3 is 0 Å². The van der Waals surface area contributed by atoms with Crippen molar-refractivity contribution in [2.75, 3.05) is 0 Å². The van der Waals surface area contributed by atoms with Gasteiger partial charge in [0.1, 0.15) is 0 Å². The van der Waals surface area contributed by atoms with Gasteiger partial charge in [0, 0.05) is 11.5 Å². The minimum absolute atomic E-state index is 0.148. The molecule has 0 aliphatic heterocycles. The summed E-state index contributed by atoms with van der Waals surface area (Å²) in [5.41, 5.74) is 2.19. The van der Waals surface area contributed by atoms with E-state index in [1.807, 2.05) is 19.1 Å². The van der Waals surface area contributed by atoms with E-state index in [0.717, 1.165) is 24.8 Å². The SMILES string of the molecule is CCCC(C)C(=O)c1ccc(C(C)CC)cc1. The van der Waals surface area contributed by atoms with Crippen LogP contribution in [0.25, 0.3) is 0 Å². The van der Waals surface area contributed by atoms with Gasteiger partial charge in [-0.3, -0.25) is 4.79 Å². The van der Waals surface area contributed by atoms with E-state index in [0.29, 0.717) is 5.92 Å². The van der Waals surface area contributed by atoms with E-state index in [4.69, 9.17) is 0 Å². The van der Waals surface area contributed by atoms with Crippen LogP contribution in [-0.4, -0.2) is 5.78 Å². The fraction of sp³-hybridized carbons (Fsp3) is 0.562. The summed E-state index contributed by atoms with van der Waals surface area (Å²) in [6.07, 6.45) is 3.18. The molecule has 0 spiro atoms. The van der Waals surface area contributed by atoms with Crippen LogP contribution in [-0.2, 0) is 0 Å². The Morgan fingerprint density at radius 1 is 1.12 bits per heavy atom. The van der Waals surface area contributed by atoms with E-state index < -0.39 is 0 Å². The van der Waals surface area contributed by atoms with Gasteiger partial charge in [-0.2, -0.15) is 0 Å². The zero-order chi connectivity index (χ0) is 12.8. The van der Waals surface area contributed by atoms with Crippen LogP contribution in [0.3, 0.4) is 0 Å². The van der Waals surface area contributed by atoms with Gasteiger partial charge in [0.15, 0.2) is 5.78 Å². The molecule has 0 aliphatic rings. The predicted octanol–water partition coefficient (Wildman–Crippen LogP) is 4.82. The van der Waals surface area contributed by atoms with E-state index >= 15 is 0 Å². The van der Waals surface area contributed by atoms with Crippen LogP contribution >= 0.6 is 0 Å². The second-order valence-corrected chi connectivity index (χ2v) is 4.99. The first kappa shape index (κ1) is 14.0. The molecule has 0 N–H and O–H groups in total. The minimum Gasteiger partial charge on any atom is -0.294 e. The summed E-state index contributed by atoms with van der Waals surface area (Å²) >= 11 is 0. The van der Waals surface area contributed by atoms with Gasteiger partial charge in [-0.25, -0.2) is 0 Å². The molecule has 1 heteroatoms. The second-order valence-electron chi connectivity index (χ2n) is 4.99. The van der Waals surface area contributed by atoms with E-state index in [2.05, 4.69) is 32.9 Å². The predicted molar refractivity (Wildman–Crippen MR) is 73.6 cm³/mol. The first-order chi connectivity index (χ1) is 8.10. The normalized spacial score (nSPS) is 14.4. The Morgan fingerprint density at radius 2 is 1.71 bits per heavy atom. The lowest BCUT2D eigenvalue weighted by molar-refractivity contribution is 0.0923. The number of benzene rings is 1. The molecule has 0 saturated carbocycles. The molecule has 0 fully saturated rings. The van der Waals surface area contributed by atoms with Gasteiger partial charge in [-0.15, -0.1) is 0 Å². The second kappa shape index (κ2) is 6.58. The Morgan fingerprint density at radius 3 is 2.18 bits per heavy atom. The van der Waals surface area contributed by atoms with Gasteiger partial charge in [0.25, 0.3) is 0 Å². The molecule has 0 aromatic heterocycles. The van der Waals surface area contributed by atoms with Crippen molar-refractivity contribution in [3.8, 4) is 0 Å². The van der Waals surface area contributed by atoms with E-state index in [-0.39, 0.29) is 11.7 Å². The smallest absolute Gasteiger partial charge is 0.165 e. The number of hydrogen-bond acceptors (Lipinski definition) is 1. The topological polar surface area (TPSA) is 17.1 Å². The van der Waals surface area contributed by atoms with Gasteiger partial charge in [0.05, 0.1) is 0 Å². The zero-order valence-electron chi connectivity index (χ0n) is 11.5. The summed E-state index contributed by atoms with van der Waals surface area (Å²) in [5.74, 6) is 1.00. The molecule has 0 saturated heterocycles. The first-order valence-electron chi connectivity index (χ1n) is 6.74. The molecule has 94 valence electrons. The quantitative estimate of drug-likeness (QED) is 0.643. The third-order valence-corrected chi connectivity index (χ3v) is 3.55. The molecule has 0 aliphatic carbocycles. The van der Waals surface area contributed by atoms with Crippen LogP contribution < -0.4 is 0 Å². The van der Waals surface area contributed by atoms with Gasteiger partial charge in [-0.1, -0.05) is 58.4 Å². The molecule has 2 unspecified atom stereocenters. The molecule has 0 amide bonds. The summed E-state index contributed by atoms with van der Waals surface area (Å²) in [5, 5.41) is 0. The molecular formula is C16H24O. The Bertz CT molecular complexity index is 350. The zero-order valence-corrected chi connectivity index (χ0v) is 11.5. The molecule has 1 nitrogen and oxygen atoms in total. The maximum absolute atomic E-state index is 12.1. The fourth-order valence-electron chi connectivity index (χ4n) is 2.06. The largest absolute Gasteiger partial charge is 0.294 e. The number of carbonyl (C=O) groups is 1. The lowest BCUT2D eigenvalue weighted by Crippen LogP contribution is -2.11. The van der Waals surface area contributed by atoms with Crippen LogP contribution in [0.2, 0.25) is 0 Å². The summed E-state index contributed by atoms with van der Waals surface area (Å²) < 4.78 is 0. The van der Waals surface area contributed by atoms with E-state index in [9.17, 15) is 4.79 Å². The molecular weight excluding hydrogens is 208 g/mol. The van der Waals surface area contributed by atoms with Gasteiger partial charge < -0.3 is 0 Å². The Balaban J connectivity index is 2.77. The molecule has 17 heavy (non-hydrogen) atoms. The summed E-state index contributed by atoms with van der Waals surface area (Å²) in [4.78, 5) is 12.1. The van der Waals surface area contributed by atoms with Crippen molar-refractivity contribution >= 4 is 5.78 Å². The molecule has 0 bridgehead atoms. The first-order valence-corrected chi connectivity index (χ1v) is 6.74. The number of rotatable bonds is 6. The number of ketones is 1. The van der Waals surface area contributed by atoms with Gasteiger partial charge in [-0.05, 0) is 24.3 Å². The van der Waals surface area contributed by atoms with Crippen LogP contribution in [0.1, 0.15) is 68.8 Å². The highest BCUT2D eigenvalue weighted by Crippen LogP contribution is 2.20.